The van der Waals surface area contributed by atoms with Gasteiger partial charge in [-0.15, -0.1) is 0 Å². The first-order valence-corrected chi connectivity index (χ1v) is 10.5. The molecule has 29 heavy (non-hydrogen) atoms. The first kappa shape index (κ1) is 19.9. The van der Waals surface area contributed by atoms with Crippen molar-refractivity contribution in [3.05, 3.63) is 46.9 Å². The van der Waals surface area contributed by atoms with Crippen molar-refractivity contribution in [1.29, 1.82) is 0 Å². The molecule has 2 aromatic rings. The van der Waals surface area contributed by atoms with Gasteiger partial charge in [-0.25, -0.2) is 9.37 Å². The van der Waals surface area contributed by atoms with Crippen LogP contribution in [0.5, 0.6) is 0 Å². The third kappa shape index (κ3) is 4.63. The molecular formula is C20H20FN5OS2. The summed E-state index contributed by atoms with van der Waals surface area (Å²) in [6.07, 6.45) is 6.03. The van der Waals surface area contributed by atoms with Crippen LogP contribution in [0, 0.1) is 5.82 Å². The summed E-state index contributed by atoms with van der Waals surface area (Å²) >= 11 is 6.21. The minimum absolute atomic E-state index is 0.237. The summed E-state index contributed by atoms with van der Waals surface area (Å²) in [5.41, 5.74) is 1.52. The molecule has 2 aliphatic rings. The highest BCUT2D eigenvalue weighted by atomic mass is 32.2. The van der Waals surface area contributed by atoms with E-state index in [0.29, 0.717) is 26.0 Å². The molecule has 150 valence electrons. The molecule has 0 bridgehead atoms. The minimum Gasteiger partial charge on any atom is -0.354 e. The van der Waals surface area contributed by atoms with Crippen LogP contribution < -0.4 is 10.2 Å². The van der Waals surface area contributed by atoms with Crippen LogP contribution in [0.25, 0.3) is 17.3 Å². The number of hydrogen-bond donors (Lipinski definition) is 1. The van der Waals surface area contributed by atoms with Gasteiger partial charge < -0.3 is 15.1 Å². The number of nitrogens with zero attached hydrogens (tertiary/aromatic N) is 4. The van der Waals surface area contributed by atoms with Gasteiger partial charge in [0.25, 0.3) is 5.91 Å². The van der Waals surface area contributed by atoms with Gasteiger partial charge in [-0.1, -0.05) is 30.0 Å². The number of anilines is 1. The van der Waals surface area contributed by atoms with Gasteiger partial charge in [0, 0.05) is 25.2 Å². The molecule has 6 nitrogen and oxygen atoms in total. The van der Waals surface area contributed by atoms with E-state index in [1.54, 1.807) is 30.6 Å². The lowest BCUT2D eigenvalue weighted by Gasteiger charge is -2.21. The zero-order valence-corrected chi connectivity index (χ0v) is 17.5. The van der Waals surface area contributed by atoms with Crippen LogP contribution >= 0.6 is 24.0 Å². The molecule has 9 heteroatoms. The van der Waals surface area contributed by atoms with Crippen LogP contribution in [0.2, 0.25) is 0 Å². The summed E-state index contributed by atoms with van der Waals surface area (Å²) in [4.78, 5) is 25.8. The summed E-state index contributed by atoms with van der Waals surface area (Å²) in [5.74, 6) is 0.129. The standard InChI is InChI=1S/C20H20FN5OS2/c1-25-5-2-6-26(8-7-25)18-12-22-11-16(23-18)14-9-13(3-4-15(14)21)10-17-19(27)24-20(28)29-17/h3-4,9-12H,2,5-8H2,1H3,(H,24,27,28)/b17-10-. The lowest BCUT2D eigenvalue weighted by molar-refractivity contribution is -0.115. The number of halogens is 1. The van der Waals surface area contributed by atoms with Crippen molar-refractivity contribution in [1.82, 2.24) is 20.2 Å². The van der Waals surface area contributed by atoms with Gasteiger partial charge in [0.05, 0.1) is 23.0 Å². The zero-order chi connectivity index (χ0) is 20.4. The Bertz CT molecular complexity index is 997. The molecule has 2 aliphatic heterocycles. The summed E-state index contributed by atoms with van der Waals surface area (Å²) in [6.45, 7) is 3.74. The second-order valence-corrected chi connectivity index (χ2v) is 8.72. The van der Waals surface area contributed by atoms with Gasteiger partial charge in [0.15, 0.2) is 0 Å². The molecule has 3 heterocycles. The molecule has 0 unspecified atom stereocenters. The highest BCUT2D eigenvalue weighted by molar-refractivity contribution is 8.26. The summed E-state index contributed by atoms with van der Waals surface area (Å²) in [7, 11) is 2.11. The number of amides is 1. The van der Waals surface area contributed by atoms with Gasteiger partial charge in [-0.05, 0) is 43.8 Å². The number of carbonyl (C=O) groups is 1. The van der Waals surface area contributed by atoms with Crippen LogP contribution in [0.1, 0.15) is 12.0 Å². The third-order valence-electron chi connectivity index (χ3n) is 4.87. The number of thiocarbonyl (C=S) groups is 1. The van der Waals surface area contributed by atoms with Gasteiger partial charge in [-0.3, -0.25) is 9.78 Å². The lowest BCUT2D eigenvalue weighted by Crippen LogP contribution is -2.29. The normalized spacial score (nSPS) is 19.5. The average Bonchev–Trinajstić information content (AvgIpc) is 2.89. The summed E-state index contributed by atoms with van der Waals surface area (Å²) in [6, 6.07) is 4.69. The molecule has 1 aromatic heterocycles. The predicted molar refractivity (Wildman–Crippen MR) is 118 cm³/mol. The van der Waals surface area contributed by atoms with Crippen LogP contribution in [0.15, 0.2) is 35.5 Å². The molecule has 4 rings (SSSR count). The molecule has 1 aromatic carbocycles. The minimum atomic E-state index is -0.381. The molecule has 2 fully saturated rings. The van der Waals surface area contributed by atoms with E-state index in [2.05, 4.69) is 32.1 Å². The number of hydrogen-bond acceptors (Lipinski definition) is 7. The zero-order valence-electron chi connectivity index (χ0n) is 15.9. The van der Waals surface area contributed by atoms with E-state index in [1.807, 2.05) is 0 Å². The summed E-state index contributed by atoms with van der Waals surface area (Å²) in [5, 5.41) is 2.58. The van der Waals surface area contributed by atoms with Gasteiger partial charge in [0.2, 0.25) is 0 Å². The number of carbonyl (C=O) groups excluding carboxylic acids is 1. The van der Waals surface area contributed by atoms with Gasteiger partial charge in [-0.2, -0.15) is 0 Å². The van der Waals surface area contributed by atoms with E-state index in [4.69, 9.17) is 12.2 Å². The van der Waals surface area contributed by atoms with Crippen LogP contribution in [-0.2, 0) is 4.79 Å². The Balaban J connectivity index is 1.64. The first-order chi connectivity index (χ1) is 14.0. The number of likely N-dealkylation sites (N-methyl/N-ethyl adjacent to an activating group) is 1. The van der Waals surface area contributed by atoms with E-state index in [9.17, 15) is 9.18 Å². The van der Waals surface area contributed by atoms with Crippen molar-refractivity contribution in [3.8, 4) is 11.3 Å². The van der Waals surface area contributed by atoms with Crippen molar-refractivity contribution in [3.63, 3.8) is 0 Å². The maximum atomic E-state index is 14.6. The Morgan fingerprint density at radius 1 is 1.24 bits per heavy atom. The third-order valence-corrected chi connectivity index (χ3v) is 6.03. The first-order valence-electron chi connectivity index (χ1n) is 9.30. The van der Waals surface area contributed by atoms with E-state index in [-0.39, 0.29) is 11.7 Å². The quantitative estimate of drug-likeness (QED) is 0.595. The molecule has 0 atom stereocenters. The van der Waals surface area contributed by atoms with Crippen LogP contribution in [0.4, 0.5) is 10.2 Å². The molecule has 1 amide bonds. The SMILES string of the molecule is CN1CCCN(c2cncc(-c3cc(/C=C4\SC(=S)NC4=O)ccc3F)n2)CC1. The van der Waals surface area contributed by atoms with E-state index in [1.165, 1.54) is 17.8 Å². The lowest BCUT2D eigenvalue weighted by atomic mass is 10.1. The fourth-order valence-electron chi connectivity index (χ4n) is 3.31. The average molecular weight is 430 g/mol. The number of rotatable bonds is 3. The number of nitrogens with one attached hydrogen (secondary N) is 1. The maximum Gasteiger partial charge on any atom is 0.263 e. The topological polar surface area (TPSA) is 61.4 Å². The highest BCUT2D eigenvalue weighted by Gasteiger charge is 2.22. The molecule has 0 spiro atoms. The molecular weight excluding hydrogens is 409 g/mol. The molecule has 2 saturated heterocycles. The van der Waals surface area contributed by atoms with Crippen molar-refractivity contribution >= 4 is 46.1 Å². The largest absolute Gasteiger partial charge is 0.354 e. The van der Waals surface area contributed by atoms with E-state index >= 15 is 0 Å². The maximum absolute atomic E-state index is 14.6. The Hall–Kier alpha value is -2.36. The smallest absolute Gasteiger partial charge is 0.263 e. The van der Waals surface area contributed by atoms with Crippen molar-refractivity contribution in [2.45, 2.75) is 6.42 Å². The molecule has 0 radical (unpaired) electrons. The fraction of sp³-hybridized carbons (Fsp3) is 0.300. The Labute approximate surface area is 178 Å². The van der Waals surface area contributed by atoms with Crippen LogP contribution in [0.3, 0.4) is 0 Å². The number of aromatic nitrogens is 2. The second-order valence-electron chi connectivity index (χ2n) is 7.00. The van der Waals surface area contributed by atoms with Gasteiger partial charge >= 0.3 is 0 Å². The molecule has 0 aliphatic carbocycles. The van der Waals surface area contributed by atoms with E-state index in [0.717, 1.165) is 38.4 Å². The predicted octanol–water partition coefficient (Wildman–Crippen LogP) is 2.91. The number of benzene rings is 1. The Morgan fingerprint density at radius 2 is 2.10 bits per heavy atom. The highest BCUT2D eigenvalue weighted by Crippen LogP contribution is 2.29. The van der Waals surface area contributed by atoms with Crippen molar-refractivity contribution < 1.29 is 9.18 Å². The molecule has 0 saturated carbocycles. The van der Waals surface area contributed by atoms with Crippen molar-refractivity contribution in [2.24, 2.45) is 0 Å². The Kier molecular flexibility index (Phi) is 5.89. The van der Waals surface area contributed by atoms with Gasteiger partial charge in [0.1, 0.15) is 16.0 Å². The fourth-order valence-corrected chi connectivity index (χ4v) is 4.36. The van der Waals surface area contributed by atoms with Crippen molar-refractivity contribution in [2.75, 3.05) is 38.1 Å². The summed E-state index contributed by atoms with van der Waals surface area (Å²) < 4.78 is 15.0. The monoisotopic (exact) mass is 429 g/mol. The van der Waals surface area contributed by atoms with Crippen LogP contribution in [-0.4, -0.2) is 58.3 Å². The molecule has 1 N–H and O–H groups in total. The Morgan fingerprint density at radius 3 is 2.90 bits per heavy atom. The second kappa shape index (κ2) is 8.56. The number of thioether (sulfide) groups is 1. The van der Waals surface area contributed by atoms with E-state index < -0.39 is 0 Å².